The molecular formula is C26H34N4O5S2. The van der Waals surface area contributed by atoms with Gasteiger partial charge in [0.25, 0.3) is 0 Å². The molecule has 0 atom stereocenters. The molecule has 3 aromatic rings. The summed E-state index contributed by atoms with van der Waals surface area (Å²) in [7, 11) is -3.57. The minimum Gasteiger partial charge on any atom is -0.447 e. The first-order chi connectivity index (χ1) is 17.5. The summed E-state index contributed by atoms with van der Waals surface area (Å²) in [4.78, 5) is 17.7. The molecule has 2 heterocycles. The van der Waals surface area contributed by atoms with Gasteiger partial charge in [-0.25, -0.2) is 18.2 Å². The Kier molecular flexibility index (Phi) is 8.23. The molecule has 9 nitrogen and oxygen atoms in total. The number of ether oxygens (including phenoxy) is 1. The first kappa shape index (κ1) is 27.1. The summed E-state index contributed by atoms with van der Waals surface area (Å²) in [6, 6.07) is 7.16. The van der Waals surface area contributed by atoms with Crippen molar-refractivity contribution in [2.45, 2.75) is 88.5 Å². The number of nitrogens with zero attached hydrogens (tertiary/aromatic N) is 2. The third kappa shape index (κ3) is 6.51. The Hall–Kier alpha value is -2.92. The smallest absolute Gasteiger partial charge is 0.407 e. The number of alkyl carbamates (subject to hydrolysis) is 1. The van der Waals surface area contributed by atoms with Crippen molar-refractivity contribution in [2.75, 3.05) is 5.32 Å². The first-order valence-corrected chi connectivity index (χ1v) is 14.9. The number of carbonyl (C=O) groups excluding carboxylic acids is 1. The molecule has 1 aliphatic rings. The summed E-state index contributed by atoms with van der Waals surface area (Å²) in [5.41, 5.74) is 1.26. The number of aromatic nitrogens is 2. The second-order valence-electron chi connectivity index (χ2n) is 9.96. The molecule has 0 radical (unpaired) electrons. The zero-order valence-electron chi connectivity index (χ0n) is 21.8. The topological polar surface area (TPSA) is 123 Å². The maximum atomic E-state index is 13.3. The van der Waals surface area contributed by atoms with Crippen molar-refractivity contribution >= 4 is 38.8 Å². The minimum absolute atomic E-state index is 0.0956. The van der Waals surface area contributed by atoms with Crippen molar-refractivity contribution in [1.82, 2.24) is 15.5 Å². The lowest BCUT2D eigenvalue weighted by molar-refractivity contribution is 0.109. The number of sulfone groups is 1. The lowest BCUT2D eigenvalue weighted by Crippen LogP contribution is -2.38. The molecule has 4 rings (SSSR count). The fourth-order valence-corrected chi connectivity index (χ4v) is 6.84. The Morgan fingerprint density at radius 2 is 1.86 bits per heavy atom. The highest BCUT2D eigenvalue weighted by Gasteiger charge is 2.28. The van der Waals surface area contributed by atoms with Crippen LogP contribution in [-0.2, 0) is 14.6 Å². The molecule has 0 aliphatic heterocycles. The highest BCUT2D eigenvalue weighted by Crippen LogP contribution is 2.40. The molecular weight excluding hydrogens is 512 g/mol. The average Bonchev–Trinajstić information content (AvgIpc) is 3.48. The molecule has 37 heavy (non-hydrogen) atoms. The van der Waals surface area contributed by atoms with E-state index >= 15 is 0 Å². The monoisotopic (exact) mass is 546 g/mol. The number of amides is 1. The molecule has 0 spiro atoms. The van der Waals surface area contributed by atoms with Gasteiger partial charge < -0.3 is 19.9 Å². The van der Waals surface area contributed by atoms with Crippen LogP contribution in [0.15, 0.2) is 39.9 Å². The third-order valence-corrected chi connectivity index (χ3v) is 9.72. The van der Waals surface area contributed by atoms with Gasteiger partial charge in [-0.05, 0) is 72.4 Å². The summed E-state index contributed by atoms with van der Waals surface area (Å²) >= 11 is 1.54. The number of nitrogens with one attached hydrogen (secondary N) is 2. The molecule has 2 N–H and O–H groups in total. The molecule has 0 bridgehead atoms. The number of thiazole rings is 1. The van der Waals surface area contributed by atoms with Gasteiger partial charge >= 0.3 is 6.09 Å². The van der Waals surface area contributed by atoms with Crippen LogP contribution in [0.25, 0.3) is 10.4 Å². The number of hydrogen-bond donors (Lipinski definition) is 2. The SMILES string of the molecule is Cc1cc(Nc2ccc(-c3cnc([C@H]4CC[C@H](NC(=O)OC(C)C)CC4)s3)c(S(=O)(=O)C(C)C)c2)no1. The van der Waals surface area contributed by atoms with Crippen molar-refractivity contribution in [3.8, 4) is 10.4 Å². The summed E-state index contributed by atoms with van der Waals surface area (Å²) < 4.78 is 36.9. The van der Waals surface area contributed by atoms with Crippen molar-refractivity contribution in [1.29, 1.82) is 0 Å². The molecule has 200 valence electrons. The van der Waals surface area contributed by atoms with Gasteiger partial charge in [0.05, 0.1) is 26.1 Å². The third-order valence-electron chi connectivity index (χ3n) is 6.34. The van der Waals surface area contributed by atoms with Gasteiger partial charge in [0.15, 0.2) is 15.7 Å². The Balaban J connectivity index is 1.53. The second kappa shape index (κ2) is 11.2. The Morgan fingerprint density at radius 1 is 1.14 bits per heavy atom. The van der Waals surface area contributed by atoms with Crippen LogP contribution < -0.4 is 10.6 Å². The Bertz CT molecular complexity index is 1340. The lowest BCUT2D eigenvalue weighted by atomic mass is 9.86. The van der Waals surface area contributed by atoms with Crippen LogP contribution >= 0.6 is 11.3 Å². The second-order valence-corrected chi connectivity index (χ2v) is 13.5. The molecule has 11 heteroatoms. The molecule has 1 aliphatic carbocycles. The largest absolute Gasteiger partial charge is 0.447 e. The van der Waals surface area contributed by atoms with Crippen molar-refractivity contribution < 1.29 is 22.5 Å². The molecule has 1 amide bonds. The zero-order chi connectivity index (χ0) is 26.7. The minimum atomic E-state index is -3.57. The van der Waals surface area contributed by atoms with Gasteiger partial charge in [-0.1, -0.05) is 11.2 Å². The first-order valence-electron chi connectivity index (χ1n) is 12.5. The molecule has 0 saturated heterocycles. The average molecular weight is 547 g/mol. The van der Waals surface area contributed by atoms with E-state index in [0.717, 1.165) is 35.6 Å². The van der Waals surface area contributed by atoms with Gasteiger partial charge in [0.2, 0.25) is 0 Å². The quantitative estimate of drug-likeness (QED) is 0.343. The van der Waals surface area contributed by atoms with Crippen LogP contribution in [-0.4, -0.2) is 42.0 Å². The van der Waals surface area contributed by atoms with Gasteiger partial charge in [0, 0.05) is 35.5 Å². The maximum absolute atomic E-state index is 13.3. The molecule has 1 saturated carbocycles. The Labute approximate surface area is 221 Å². The van der Waals surface area contributed by atoms with Crippen LogP contribution in [0.5, 0.6) is 0 Å². The van der Waals surface area contributed by atoms with Crippen molar-refractivity contribution in [2.24, 2.45) is 0 Å². The van der Waals surface area contributed by atoms with Crippen LogP contribution in [0.4, 0.5) is 16.3 Å². The number of aryl methyl sites for hydroxylation is 1. The van der Waals surface area contributed by atoms with E-state index in [2.05, 4.69) is 20.8 Å². The van der Waals surface area contributed by atoms with Crippen LogP contribution in [0.1, 0.15) is 70.1 Å². The number of rotatable bonds is 8. The number of hydrogen-bond acceptors (Lipinski definition) is 9. The standard InChI is InChI=1S/C26H34N4O5S2/c1-15(2)34-26(31)29-19-8-6-18(7-9-19)25-27-14-22(36-25)21-11-10-20(28-24-12-17(5)35-30-24)13-23(21)37(32,33)16(3)4/h10-16,18-19H,6-9H2,1-5H3,(H,28,30)(H,29,31)/t18-,19-. The van der Waals surface area contributed by atoms with E-state index in [-0.39, 0.29) is 29.1 Å². The lowest BCUT2D eigenvalue weighted by Gasteiger charge is -2.28. The molecule has 1 aromatic carbocycles. The van der Waals surface area contributed by atoms with Gasteiger partial charge in [-0.2, -0.15) is 0 Å². The maximum Gasteiger partial charge on any atom is 0.407 e. The van der Waals surface area contributed by atoms with E-state index in [1.165, 1.54) is 11.3 Å². The zero-order valence-corrected chi connectivity index (χ0v) is 23.4. The van der Waals surface area contributed by atoms with Crippen molar-refractivity contribution in [3.63, 3.8) is 0 Å². The van der Waals surface area contributed by atoms with Crippen LogP contribution in [0.3, 0.4) is 0 Å². The predicted molar refractivity (Wildman–Crippen MR) is 144 cm³/mol. The number of carbonyl (C=O) groups is 1. The summed E-state index contributed by atoms with van der Waals surface area (Å²) in [5, 5.41) is 10.4. The Morgan fingerprint density at radius 3 is 2.49 bits per heavy atom. The van der Waals surface area contributed by atoms with E-state index in [1.807, 2.05) is 26.0 Å². The molecule has 0 unspecified atom stereocenters. The summed E-state index contributed by atoms with van der Waals surface area (Å²) in [5.74, 6) is 1.45. The van der Waals surface area contributed by atoms with Crippen molar-refractivity contribution in [3.05, 3.63) is 41.2 Å². The summed E-state index contributed by atoms with van der Waals surface area (Å²) in [6.07, 6.45) is 4.75. The van der Waals surface area contributed by atoms with Gasteiger partial charge in [-0.3, -0.25) is 0 Å². The number of benzene rings is 1. The fourth-order valence-electron chi connectivity index (χ4n) is 4.37. The van der Waals surface area contributed by atoms with E-state index in [0.29, 0.717) is 22.8 Å². The highest BCUT2D eigenvalue weighted by atomic mass is 32.2. The fraction of sp³-hybridized carbons (Fsp3) is 0.500. The predicted octanol–water partition coefficient (Wildman–Crippen LogP) is 6.19. The number of anilines is 2. The summed E-state index contributed by atoms with van der Waals surface area (Å²) in [6.45, 7) is 8.82. The normalized spacial score (nSPS) is 18.2. The molecule has 1 fully saturated rings. The van der Waals surface area contributed by atoms with Gasteiger partial charge in [-0.15, -0.1) is 11.3 Å². The van der Waals surface area contributed by atoms with E-state index in [4.69, 9.17) is 9.26 Å². The van der Waals surface area contributed by atoms with E-state index in [9.17, 15) is 13.2 Å². The van der Waals surface area contributed by atoms with E-state index in [1.54, 1.807) is 39.1 Å². The van der Waals surface area contributed by atoms with E-state index < -0.39 is 15.1 Å². The van der Waals surface area contributed by atoms with Crippen LogP contribution in [0, 0.1) is 6.92 Å². The molecule has 2 aromatic heterocycles. The highest BCUT2D eigenvalue weighted by molar-refractivity contribution is 7.92. The van der Waals surface area contributed by atoms with Crippen LogP contribution in [0.2, 0.25) is 0 Å². The van der Waals surface area contributed by atoms with Gasteiger partial charge in [0.1, 0.15) is 5.76 Å².